The van der Waals surface area contributed by atoms with Crippen molar-refractivity contribution < 1.29 is 19.4 Å². The topological polar surface area (TPSA) is 99.8 Å². The molecule has 1 aliphatic rings. The van der Waals surface area contributed by atoms with Crippen molar-refractivity contribution in [2.75, 3.05) is 6.61 Å². The Balaban J connectivity index is 2.86. The van der Waals surface area contributed by atoms with Crippen LogP contribution in [0.4, 0.5) is 0 Å². The lowest BCUT2D eigenvalue weighted by Gasteiger charge is -2.27. The van der Waals surface area contributed by atoms with Gasteiger partial charge in [0.15, 0.2) is 12.0 Å². The molecule has 1 aliphatic heterocycles. The van der Waals surface area contributed by atoms with Gasteiger partial charge >= 0.3 is 5.97 Å². The molecule has 0 radical (unpaired) electrons. The van der Waals surface area contributed by atoms with Crippen LogP contribution in [0.2, 0.25) is 0 Å². The van der Waals surface area contributed by atoms with Crippen LogP contribution in [0.5, 0.6) is 0 Å². The fraction of sp³-hybridized carbons (Fsp3) is 0.600. The number of carbonyl (C=O) groups excluding carboxylic acids is 2. The molecule has 0 fully saturated rings. The van der Waals surface area contributed by atoms with E-state index in [0.717, 1.165) is 0 Å². The molecule has 0 aromatic heterocycles. The number of nitriles is 1. The average Bonchev–Trinajstić information content (AvgIpc) is 2.21. The summed E-state index contributed by atoms with van der Waals surface area (Å²) in [6.07, 6.45) is -1.18. The van der Waals surface area contributed by atoms with Crippen LogP contribution in [0.25, 0.3) is 0 Å². The second-order valence-corrected chi connectivity index (χ2v) is 3.57. The van der Waals surface area contributed by atoms with E-state index in [1.54, 1.807) is 6.07 Å². The molecule has 0 aromatic rings. The number of aliphatic imine (C=N–C) groups is 1. The molecule has 0 bridgehead atoms. The number of rotatable bonds is 2. The number of carbonyl (C=O) groups is 2. The van der Waals surface area contributed by atoms with Gasteiger partial charge in [-0.15, -0.1) is 0 Å². The van der Waals surface area contributed by atoms with Gasteiger partial charge in [0, 0.05) is 6.92 Å². The molecule has 1 heterocycles. The van der Waals surface area contributed by atoms with E-state index >= 15 is 0 Å². The van der Waals surface area contributed by atoms with Crippen molar-refractivity contribution in [2.45, 2.75) is 20.1 Å². The van der Waals surface area contributed by atoms with E-state index in [4.69, 9.17) is 10.00 Å². The summed E-state index contributed by atoms with van der Waals surface area (Å²) in [4.78, 5) is 25.9. The first-order chi connectivity index (χ1) is 7.47. The van der Waals surface area contributed by atoms with E-state index in [9.17, 15) is 14.7 Å². The summed E-state index contributed by atoms with van der Waals surface area (Å²) in [5, 5.41) is 18.4. The third-order valence-electron chi connectivity index (χ3n) is 2.39. The summed E-state index contributed by atoms with van der Waals surface area (Å²) in [7, 11) is 0. The van der Waals surface area contributed by atoms with E-state index in [2.05, 4.69) is 4.99 Å². The third kappa shape index (κ3) is 2.44. The summed E-state index contributed by atoms with van der Waals surface area (Å²) in [6.45, 7) is 2.47. The van der Waals surface area contributed by atoms with Crippen LogP contribution >= 0.6 is 0 Å². The summed E-state index contributed by atoms with van der Waals surface area (Å²) >= 11 is 0. The largest absolute Gasteiger partial charge is 0.465 e. The van der Waals surface area contributed by atoms with Gasteiger partial charge < -0.3 is 9.84 Å². The molecular formula is C10H12N2O4. The highest BCUT2D eigenvalue weighted by atomic mass is 16.5. The van der Waals surface area contributed by atoms with Crippen LogP contribution in [0, 0.1) is 23.2 Å². The van der Waals surface area contributed by atoms with Crippen molar-refractivity contribution in [3.8, 4) is 6.07 Å². The first kappa shape index (κ1) is 12.3. The maximum absolute atomic E-state index is 11.6. The second kappa shape index (κ2) is 4.86. The molecule has 0 aromatic carbocycles. The molecule has 16 heavy (non-hydrogen) atoms. The zero-order valence-corrected chi connectivity index (χ0v) is 9.01. The number of aliphatic hydroxyl groups excluding tert-OH is 1. The van der Waals surface area contributed by atoms with E-state index in [1.165, 1.54) is 13.8 Å². The number of hydrogen-bond acceptors (Lipinski definition) is 6. The van der Waals surface area contributed by atoms with Crippen LogP contribution in [-0.4, -0.2) is 35.4 Å². The quantitative estimate of drug-likeness (QED) is 0.647. The Hall–Kier alpha value is -1.74. The predicted molar refractivity (Wildman–Crippen MR) is 53.3 cm³/mol. The van der Waals surface area contributed by atoms with Gasteiger partial charge in [-0.25, -0.2) is 0 Å². The normalized spacial score (nSPS) is 29.2. The highest BCUT2D eigenvalue weighted by Crippen LogP contribution is 2.23. The Labute approximate surface area is 92.5 Å². The van der Waals surface area contributed by atoms with Crippen molar-refractivity contribution >= 4 is 17.5 Å². The van der Waals surface area contributed by atoms with E-state index < -0.39 is 29.8 Å². The fourth-order valence-corrected chi connectivity index (χ4v) is 1.50. The molecule has 0 spiro atoms. The third-order valence-corrected chi connectivity index (χ3v) is 2.39. The zero-order valence-electron chi connectivity index (χ0n) is 9.01. The summed E-state index contributed by atoms with van der Waals surface area (Å²) < 4.78 is 4.70. The lowest BCUT2D eigenvalue weighted by molar-refractivity contribution is -0.145. The summed E-state index contributed by atoms with van der Waals surface area (Å²) in [6, 6.07) is 1.81. The first-order valence-corrected chi connectivity index (χ1v) is 4.77. The Kier molecular flexibility index (Phi) is 3.74. The van der Waals surface area contributed by atoms with Gasteiger partial charge in [-0.1, -0.05) is 0 Å². The van der Waals surface area contributed by atoms with Crippen molar-refractivity contribution in [1.29, 1.82) is 5.26 Å². The Morgan fingerprint density at radius 2 is 2.31 bits per heavy atom. The van der Waals surface area contributed by atoms with Crippen LogP contribution in [-0.2, 0) is 14.3 Å². The molecule has 0 aliphatic carbocycles. The molecule has 0 saturated carbocycles. The standard InChI is InChI=1S/C10H12N2O4/c1-5-9(14)7(3-11)8(10(15)12-5)4-16-6(2)13/h7-8,10,15H,4H2,1-2H3. The molecular weight excluding hydrogens is 212 g/mol. The van der Waals surface area contributed by atoms with Gasteiger partial charge in [-0.05, 0) is 6.92 Å². The highest BCUT2D eigenvalue weighted by molar-refractivity contribution is 6.40. The minimum absolute atomic E-state index is 0.123. The fourth-order valence-electron chi connectivity index (χ4n) is 1.50. The maximum atomic E-state index is 11.6. The lowest BCUT2D eigenvalue weighted by Crippen LogP contribution is -2.42. The molecule has 3 atom stereocenters. The van der Waals surface area contributed by atoms with Crippen LogP contribution < -0.4 is 0 Å². The first-order valence-electron chi connectivity index (χ1n) is 4.77. The average molecular weight is 224 g/mol. The summed E-state index contributed by atoms with van der Waals surface area (Å²) in [5.74, 6) is -2.75. The minimum Gasteiger partial charge on any atom is -0.465 e. The highest BCUT2D eigenvalue weighted by Gasteiger charge is 2.39. The van der Waals surface area contributed by atoms with Crippen molar-refractivity contribution in [3.05, 3.63) is 0 Å². The Morgan fingerprint density at radius 1 is 1.69 bits per heavy atom. The molecule has 0 saturated heterocycles. The van der Waals surface area contributed by atoms with Gasteiger partial charge in [0.1, 0.15) is 12.5 Å². The van der Waals surface area contributed by atoms with Crippen LogP contribution in [0.3, 0.4) is 0 Å². The van der Waals surface area contributed by atoms with Crippen molar-refractivity contribution in [3.63, 3.8) is 0 Å². The van der Waals surface area contributed by atoms with E-state index in [1.807, 2.05) is 0 Å². The number of aliphatic hydroxyl groups is 1. The smallest absolute Gasteiger partial charge is 0.302 e. The Morgan fingerprint density at radius 3 is 2.81 bits per heavy atom. The van der Waals surface area contributed by atoms with Crippen molar-refractivity contribution in [1.82, 2.24) is 0 Å². The van der Waals surface area contributed by atoms with Crippen molar-refractivity contribution in [2.24, 2.45) is 16.8 Å². The van der Waals surface area contributed by atoms with Gasteiger partial charge in [-0.3, -0.25) is 14.6 Å². The number of nitrogens with zero attached hydrogens (tertiary/aromatic N) is 2. The lowest BCUT2D eigenvalue weighted by atomic mass is 9.85. The van der Waals surface area contributed by atoms with Crippen LogP contribution in [0.1, 0.15) is 13.8 Å². The zero-order chi connectivity index (χ0) is 12.3. The predicted octanol–water partition coefficient (Wildman–Crippen LogP) is -0.333. The number of Topliss-reactive ketones (excluding diaryl/α,β-unsaturated/α-hetero) is 1. The molecule has 6 heteroatoms. The molecule has 0 amide bonds. The molecule has 3 unspecified atom stereocenters. The van der Waals surface area contributed by atoms with Gasteiger partial charge in [-0.2, -0.15) is 5.26 Å². The molecule has 1 rings (SSSR count). The minimum atomic E-state index is -1.18. The number of hydrogen-bond donors (Lipinski definition) is 1. The Bertz CT molecular complexity index is 383. The second-order valence-electron chi connectivity index (χ2n) is 3.57. The van der Waals surface area contributed by atoms with E-state index in [0.29, 0.717) is 0 Å². The summed E-state index contributed by atoms with van der Waals surface area (Å²) in [5.41, 5.74) is 0.123. The number of ether oxygens (including phenoxy) is 1. The van der Waals surface area contributed by atoms with Crippen LogP contribution in [0.15, 0.2) is 4.99 Å². The van der Waals surface area contributed by atoms with Gasteiger partial charge in [0.2, 0.25) is 0 Å². The SMILES string of the molecule is CC(=O)OCC1C(O)N=C(C)C(=O)C1C#N. The number of ketones is 1. The molecule has 1 N–H and O–H groups in total. The van der Waals surface area contributed by atoms with E-state index in [-0.39, 0.29) is 12.3 Å². The van der Waals surface area contributed by atoms with Gasteiger partial charge in [0.25, 0.3) is 0 Å². The van der Waals surface area contributed by atoms with Gasteiger partial charge in [0.05, 0.1) is 17.7 Å². The molecule has 86 valence electrons. The monoisotopic (exact) mass is 224 g/mol. The maximum Gasteiger partial charge on any atom is 0.302 e. The number of esters is 1. The molecule has 6 nitrogen and oxygen atoms in total.